The molecule has 0 spiro atoms. The molecule has 2 aromatic heterocycles. The number of anilines is 2. The number of hydrogen-bond acceptors (Lipinski definition) is 6. The maximum absolute atomic E-state index is 12.5. The van der Waals surface area contributed by atoms with E-state index in [1.54, 1.807) is 24.5 Å². The van der Waals surface area contributed by atoms with Crippen LogP contribution < -0.4 is 10.2 Å². The van der Waals surface area contributed by atoms with Crippen LogP contribution in [-0.2, 0) is 13.6 Å². The smallest absolute Gasteiger partial charge is 0.257 e. The number of imidazole rings is 1. The first-order chi connectivity index (χ1) is 16.7. The van der Waals surface area contributed by atoms with Crippen LogP contribution in [0.5, 0.6) is 0 Å². The summed E-state index contributed by atoms with van der Waals surface area (Å²) in [5.74, 6) is 1.01. The summed E-state index contributed by atoms with van der Waals surface area (Å²) in [7, 11) is 2.07. The van der Waals surface area contributed by atoms with E-state index in [0.717, 1.165) is 57.3 Å². The van der Waals surface area contributed by atoms with Gasteiger partial charge in [-0.15, -0.1) is 0 Å². The summed E-state index contributed by atoms with van der Waals surface area (Å²) >= 11 is 0. The molecule has 1 N–H and O–H groups in total. The lowest BCUT2D eigenvalue weighted by molar-refractivity contribution is 0.0794. The molecule has 0 unspecified atom stereocenters. The van der Waals surface area contributed by atoms with E-state index in [1.807, 2.05) is 24.5 Å². The van der Waals surface area contributed by atoms with Crippen LogP contribution in [0.15, 0.2) is 61.2 Å². The van der Waals surface area contributed by atoms with Crippen molar-refractivity contribution < 1.29 is 4.79 Å². The van der Waals surface area contributed by atoms with Gasteiger partial charge in [0.2, 0.25) is 0 Å². The monoisotopic (exact) mass is 459 g/mol. The number of piperidine rings is 1. The highest BCUT2D eigenvalue weighted by atomic mass is 16.1. The van der Waals surface area contributed by atoms with Crippen molar-refractivity contribution in [1.82, 2.24) is 24.3 Å². The molecule has 2 aliphatic rings. The standard InChI is InChI=1S/C26H33N7O/c1-30-13-10-28-25(30)20-31-14-16-33(17-15-31)23-7-11-32(12-8-23)24-6-2-5-22(18-24)29-26(34)21-4-3-9-27-19-21/h2-6,9-10,13,18-19,23H,7-8,11-12,14-17,20H2,1H3,(H,29,34). The zero-order valence-electron chi connectivity index (χ0n) is 19.8. The van der Waals surface area contributed by atoms with Gasteiger partial charge in [-0.3, -0.25) is 19.6 Å². The van der Waals surface area contributed by atoms with Crippen LogP contribution in [0, 0.1) is 0 Å². The third-order valence-corrected chi connectivity index (χ3v) is 7.07. The normalized spacial score (nSPS) is 18.2. The van der Waals surface area contributed by atoms with E-state index in [0.29, 0.717) is 11.6 Å². The van der Waals surface area contributed by atoms with Crippen LogP contribution in [0.3, 0.4) is 0 Å². The first kappa shape index (κ1) is 22.6. The van der Waals surface area contributed by atoms with E-state index in [2.05, 4.69) is 53.7 Å². The van der Waals surface area contributed by atoms with Gasteiger partial charge in [0.05, 0.1) is 12.1 Å². The molecule has 0 radical (unpaired) electrons. The van der Waals surface area contributed by atoms with Crippen molar-refractivity contribution in [3.63, 3.8) is 0 Å². The summed E-state index contributed by atoms with van der Waals surface area (Å²) in [4.78, 5) is 28.6. The maximum atomic E-state index is 12.5. The molecule has 1 amide bonds. The fourth-order valence-corrected chi connectivity index (χ4v) is 5.01. The van der Waals surface area contributed by atoms with Crippen molar-refractivity contribution in [2.75, 3.05) is 49.5 Å². The van der Waals surface area contributed by atoms with E-state index < -0.39 is 0 Å². The van der Waals surface area contributed by atoms with Crippen molar-refractivity contribution in [1.29, 1.82) is 0 Å². The summed E-state index contributed by atoms with van der Waals surface area (Å²) < 4.78 is 2.11. The average molecular weight is 460 g/mol. The second-order valence-electron chi connectivity index (χ2n) is 9.23. The van der Waals surface area contributed by atoms with Gasteiger partial charge in [-0.25, -0.2) is 4.98 Å². The number of carbonyl (C=O) groups is 1. The lowest BCUT2D eigenvalue weighted by Gasteiger charge is -2.43. The molecular weight excluding hydrogens is 426 g/mol. The fourth-order valence-electron chi connectivity index (χ4n) is 5.01. The number of nitrogens with one attached hydrogen (secondary N) is 1. The Hall–Kier alpha value is -3.23. The Morgan fingerprint density at radius 2 is 1.85 bits per heavy atom. The Balaban J connectivity index is 1.11. The van der Waals surface area contributed by atoms with Crippen LogP contribution in [0.1, 0.15) is 29.0 Å². The van der Waals surface area contributed by atoms with Gasteiger partial charge in [-0.05, 0) is 43.2 Å². The highest BCUT2D eigenvalue weighted by Gasteiger charge is 2.28. The molecule has 34 heavy (non-hydrogen) atoms. The number of aryl methyl sites for hydroxylation is 1. The Bertz CT molecular complexity index is 1080. The molecule has 3 aromatic rings. The van der Waals surface area contributed by atoms with Crippen LogP contribution in [0.25, 0.3) is 0 Å². The van der Waals surface area contributed by atoms with Crippen molar-refractivity contribution >= 4 is 17.3 Å². The minimum Gasteiger partial charge on any atom is -0.371 e. The van der Waals surface area contributed by atoms with Gasteiger partial charge in [-0.1, -0.05) is 6.07 Å². The molecule has 0 aliphatic carbocycles. The first-order valence-electron chi connectivity index (χ1n) is 12.1. The number of carbonyl (C=O) groups excluding carboxylic acids is 1. The Kier molecular flexibility index (Phi) is 6.87. The summed E-state index contributed by atoms with van der Waals surface area (Å²) in [6.07, 6.45) is 9.50. The van der Waals surface area contributed by atoms with Crippen molar-refractivity contribution in [2.45, 2.75) is 25.4 Å². The summed E-state index contributed by atoms with van der Waals surface area (Å²) in [6, 6.07) is 12.4. The molecule has 5 rings (SSSR count). The van der Waals surface area contributed by atoms with Gasteiger partial charge >= 0.3 is 0 Å². The molecule has 2 aliphatic heterocycles. The highest BCUT2D eigenvalue weighted by molar-refractivity contribution is 6.04. The quantitative estimate of drug-likeness (QED) is 0.611. The van der Waals surface area contributed by atoms with Crippen molar-refractivity contribution in [3.8, 4) is 0 Å². The Morgan fingerprint density at radius 3 is 2.56 bits per heavy atom. The van der Waals surface area contributed by atoms with Gasteiger partial charge in [0.25, 0.3) is 5.91 Å². The third kappa shape index (κ3) is 5.29. The van der Waals surface area contributed by atoms with Gasteiger partial charge < -0.3 is 14.8 Å². The van der Waals surface area contributed by atoms with E-state index in [9.17, 15) is 4.79 Å². The zero-order chi connectivity index (χ0) is 23.3. The van der Waals surface area contributed by atoms with Crippen LogP contribution in [-0.4, -0.2) is 75.6 Å². The third-order valence-electron chi connectivity index (χ3n) is 7.07. The zero-order valence-corrected chi connectivity index (χ0v) is 19.8. The molecule has 8 nitrogen and oxygen atoms in total. The molecule has 0 saturated carbocycles. The van der Waals surface area contributed by atoms with Gasteiger partial charge in [0.15, 0.2) is 0 Å². The number of pyridine rings is 1. The number of nitrogens with zero attached hydrogens (tertiary/aromatic N) is 6. The molecular formula is C26H33N7O. The highest BCUT2D eigenvalue weighted by Crippen LogP contribution is 2.26. The van der Waals surface area contributed by atoms with Crippen molar-refractivity contribution in [2.24, 2.45) is 7.05 Å². The first-order valence-corrected chi connectivity index (χ1v) is 12.1. The van der Waals surface area contributed by atoms with Gasteiger partial charge in [-0.2, -0.15) is 0 Å². The molecule has 0 atom stereocenters. The number of aromatic nitrogens is 3. The minimum atomic E-state index is -0.133. The maximum Gasteiger partial charge on any atom is 0.257 e. The lowest BCUT2D eigenvalue weighted by Crippen LogP contribution is -2.53. The van der Waals surface area contributed by atoms with Crippen LogP contribution in [0.2, 0.25) is 0 Å². The van der Waals surface area contributed by atoms with E-state index in [1.165, 1.54) is 18.5 Å². The van der Waals surface area contributed by atoms with Crippen molar-refractivity contribution in [3.05, 3.63) is 72.6 Å². The van der Waals surface area contributed by atoms with Crippen LogP contribution in [0.4, 0.5) is 11.4 Å². The average Bonchev–Trinajstić information content (AvgIpc) is 3.29. The predicted molar refractivity (Wildman–Crippen MR) is 134 cm³/mol. The lowest BCUT2D eigenvalue weighted by atomic mass is 10.0. The largest absolute Gasteiger partial charge is 0.371 e. The van der Waals surface area contributed by atoms with Gasteiger partial charge in [0, 0.05) is 88.5 Å². The molecule has 4 heterocycles. The van der Waals surface area contributed by atoms with E-state index in [-0.39, 0.29) is 5.91 Å². The molecule has 0 bridgehead atoms. The second-order valence-corrected chi connectivity index (χ2v) is 9.23. The fraction of sp³-hybridized carbons (Fsp3) is 0.423. The summed E-state index contributed by atoms with van der Waals surface area (Å²) in [5, 5.41) is 3.00. The molecule has 8 heteroatoms. The minimum absolute atomic E-state index is 0.133. The summed E-state index contributed by atoms with van der Waals surface area (Å²) in [5.41, 5.74) is 2.55. The number of benzene rings is 1. The molecule has 2 fully saturated rings. The summed E-state index contributed by atoms with van der Waals surface area (Å²) in [6.45, 7) is 7.48. The Morgan fingerprint density at radius 1 is 1.03 bits per heavy atom. The number of piperazine rings is 1. The number of rotatable bonds is 6. The van der Waals surface area contributed by atoms with E-state index >= 15 is 0 Å². The molecule has 2 saturated heterocycles. The van der Waals surface area contributed by atoms with Gasteiger partial charge in [0.1, 0.15) is 5.82 Å². The predicted octanol–water partition coefficient (Wildman–Crippen LogP) is 2.85. The van der Waals surface area contributed by atoms with E-state index in [4.69, 9.17) is 0 Å². The second kappa shape index (κ2) is 10.4. The number of hydrogen-bond donors (Lipinski definition) is 1. The Labute approximate surface area is 201 Å². The SMILES string of the molecule is Cn1ccnc1CN1CCN(C2CCN(c3cccc(NC(=O)c4cccnc4)c3)CC2)CC1. The molecule has 178 valence electrons. The topological polar surface area (TPSA) is 69.5 Å². The number of amides is 1. The molecule has 1 aromatic carbocycles. The van der Waals surface area contributed by atoms with Crippen LogP contribution >= 0.6 is 0 Å².